The van der Waals surface area contributed by atoms with Gasteiger partial charge in [-0.15, -0.1) is 0 Å². The van der Waals surface area contributed by atoms with Gasteiger partial charge in [-0.05, 0) is 24.6 Å². The van der Waals surface area contributed by atoms with Gasteiger partial charge in [-0.3, -0.25) is 10.1 Å². The number of nitrogens with zero attached hydrogens (tertiary/aromatic N) is 4. The average Bonchev–Trinajstić information content (AvgIpc) is 2.99. The average molecular weight is 454 g/mol. The summed E-state index contributed by atoms with van der Waals surface area (Å²) in [5, 5.41) is 7.13. The number of hydrogen-bond acceptors (Lipinski definition) is 6. The molecule has 1 fully saturated rings. The standard InChI is InChI=1S/C17H18BrClN6O2/c1-10(19)7-8-25-13-14(24(2)17(27)22-15(13)26)21-16(25)23-20-9-11-3-5-12(18)6-4-11/h3-7,9,13-14H,8H2,1-2H3,(H,21,23)(H,22,26,27)/b10-7-,20-9-. The van der Waals surface area contributed by atoms with Crippen molar-refractivity contribution in [3.63, 3.8) is 0 Å². The van der Waals surface area contributed by atoms with E-state index in [0.717, 1.165) is 10.0 Å². The van der Waals surface area contributed by atoms with Crippen molar-refractivity contribution in [2.75, 3.05) is 13.6 Å². The number of amides is 3. The zero-order chi connectivity index (χ0) is 19.6. The lowest BCUT2D eigenvalue weighted by Crippen LogP contribution is -2.64. The monoisotopic (exact) mass is 452 g/mol. The molecule has 8 nitrogen and oxygen atoms in total. The molecule has 1 aromatic carbocycles. The highest BCUT2D eigenvalue weighted by molar-refractivity contribution is 9.10. The number of urea groups is 1. The first-order valence-electron chi connectivity index (χ1n) is 8.16. The normalized spacial score (nSPS) is 22.8. The molecule has 27 heavy (non-hydrogen) atoms. The van der Waals surface area contributed by atoms with Gasteiger partial charge >= 0.3 is 6.03 Å². The Kier molecular flexibility index (Phi) is 5.81. The summed E-state index contributed by atoms with van der Waals surface area (Å²) in [6, 6.07) is 6.51. The van der Waals surface area contributed by atoms with Gasteiger partial charge in [0.25, 0.3) is 5.91 Å². The van der Waals surface area contributed by atoms with E-state index in [2.05, 4.69) is 36.8 Å². The maximum Gasteiger partial charge on any atom is 0.325 e. The molecule has 2 atom stereocenters. The van der Waals surface area contributed by atoms with Gasteiger partial charge in [0.05, 0.1) is 6.21 Å². The summed E-state index contributed by atoms with van der Waals surface area (Å²) in [6.07, 6.45) is 2.79. The molecule has 0 saturated carbocycles. The molecule has 0 radical (unpaired) electrons. The van der Waals surface area contributed by atoms with Crippen LogP contribution in [0.15, 0.2) is 49.9 Å². The molecule has 142 valence electrons. The van der Waals surface area contributed by atoms with Gasteiger partial charge < -0.3 is 9.80 Å². The number of allylic oxidation sites excluding steroid dienone is 1. The van der Waals surface area contributed by atoms with Crippen LogP contribution in [0.2, 0.25) is 0 Å². The topological polar surface area (TPSA) is 89.4 Å². The first-order valence-corrected chi connectivity index (χ1v) is 9.33. The van der Waals surface area contributed by atoms with E-state index in [1.165, 1.54) is 4.90 Å². The van der Waals surface area contributed by atoms with E-state index >= 15 is 0 Å². The zero-order valence-corrected chi connectivity index (χ0v) is 17.0. The van der Waals surface area contributed by atoms with Gasteiger partial charge in [-0.2, -0.15) is 5.10 Å². The Bertz CT molecular complexity index is 834. The summed E-state index contributed by atoms with van der Waals surface area (Å²) in [5.41, 5.74) is 3.77. The van der Waals surface area contributed by atoms with Crippen molar-refractivity contribution in [2.24, 2.45) is 10.1 Å². The van der Waals surface area contributed by atoms with Crippen molar-refractivity contribution in [3.8, 4) is 0 Å². The van der Waals surface area contributed by atoms with Crippen molar-refractivity contribution in [1.82, 2.24) is 20.5 Å². The molecule has 10 heteroatoms. The third-order valence-electron chi connectivity index (χ3n) is 4.18. The molecule has 0 spiro atoms. The van der Waals surface area contributed by atoms with E-state index in [4.69, 9.17) is 11.6 Å². The van der Waals surface area contributed by atoms with E-state index in [9.17, 15) is 9.59 Å². The number of guanidine groups is 1. The Morgan fingerprint density at radius 2 is 2.11 bits per heavy atom. The van der Waals surface area contributed by atoms with Crippen molar-refractivity contribution < 1.29 is 9.59 Å². The number of benzene rings is 1. The predicted molar refractivity (Wildman–Crippen MR) is 108 cm³/mol. The summed E-state index contributed by atoms with van der Waals surface area (Å²) in [4.78, 5) is 31.8. The molecule has 2 aliphatic rings. The number of rotatable bonds is 4. The Morgan fingerprint density at radius 3 is 2.78 bits per heavy atom. The van der Waals surface area contributed by atoms with E-state index in [-0.39, 0.29) is 0 Å². The Morgan fingerprint density at radius 1 is 1.41 bits per heavy atom. The highest BCUT2D eigenvalue weighted by Crippen LogP contribution is 2.23. The minimum Gasteiger partial charge on any atom is -0.322 e. The second-order valence-electron chi connectivity index (χ2n) is 6.08. The molecule has 1 saturated heterocycles. The fourth-order valence-electron chi connectivity index (χ4n) is 2.76. The Balaban J connectivity index is 1.81. The lowest BCUT2D eigenvalue weighted by atomic mass is 10.1. The van der Waals surface area contributed by atoms with Crippen molar-refractivity contribution in [2.45, 2.75) is 19.1 Å². The summed E-state index contributed by atoms with van der Waals surface area (Å²) in [7, 11) is 1.60. The molecule has 1 aromatic rings. The number of nitrogens with one attached hydrogen (secondary N) is 2. The number of hydrazone groups is 1. The molecule has 3 amide bonds. The van der Waals surface area contributed by atoms with Crippen LogP contribution >= 0.6 is 27.5 Å². The fraction of sp³-hybridized carbons (Fsp3) is 0.294. The van der Waals surface area contributed by atoms with E-state index in [1.54, 1.807) is 31.2 Å². The zero-order valence-electron chi connectivity index (χ0n) is 14.7. The predicted octanol–water partition coefficient (Wildman–Crippen LogP) is 2.06. The van der Waals surface area contributed by atoms with Crippen LogP contribution in [-0.2, 0) is 4.79 Å². The van der Waals surface area contributed by atoms with Gasteiger partial charge in [-0.25, -0.2) is 15.2 Å². The summed E-state index contributed by atoms with van der Waals surface area (Å²) >= 11 is 9.32. The van der Waals surface area contributed by atoms with Crippen LogP contribution in [0, 0.1) is 0 Å². The molecule has 0 aromatic heterocycles. The van der Waals surface area contributed by atoms with Crippen LogP contribution < -0.4 is 10.7 Å². The number of carbonyl (C=O) groups excluding carboxylic acids is 2. The summed E-state index contributed by atoms with van der Waals surface area (Å²) < 4.78 is 0.977. The lowest BCUT2D eigenvalue weighted by molar-refractivity contribution is -0.126. The molecular weight excluding hydrogens is 436 g/mol. The van der Waals surface area contributed by atoms with Crippen molar-refractivity contribution in [1.29, 1.82) is 0 Å². The summed E-state index contributed by atoms with van der Waals surface area (Å²) in [6.45, 7) is 2.10. The minimum absolute atomic E-state index is 0.353. The first-order chi connectivity index (χ1) is 12.9. The molecular formula is C17H18BrClN6O2. The van der Waals surface area contributed by atoms with Crippen molar-refractivity contribution in [3.05, 3.63) is 45.4 Å². The number of hydrogen-bond donors (Lipinski definition) is 2. The van der Waals surface area contributed by atoms with Crippen LogP contribution in [0.5, 0.6) is 0 Å². The largest absolute Gasteiger partial charge is 0.325 e. The highest BCUT2D eigenvalue weighted by atomic mass is 79.9. The van der Waals surface area contributed by atoms with Gasteiger partial charge in [0.1, 0.15) is 0 Å². The van der Waals surface area contributed by atoms with E-state index < -0.39 is 24.1 Å². The van der Waals surface area contributed by atoms with Crippen LogP contribution in [0.1, 0.15) is 12.5 Å². The Labute approximate surface area is 170 Å². The van der Waals surface area contributed by atoms with Gasteiger partial charge in [0, 0.05) is 23.1 Å². The van der Waals surface area contributed by atoms with Gasteiger partial charge in [0.2, 0.25) is 5.96 Å². The number of imide groups is 1. The minimum atomic E-state index is -0.648. The molecule has 2 aliphatic heterocycles. The third kappa shape index (κ3) is 4.30. The third-order valence-corrected chi connectivity index (χ3v) is 4.86. The van der Waals surface area contributed by atoms with Gasteiger partial charge in [0.15, 0.2) is 12.2 Å². The number of carbonyl (C=O) groups is 2. The fourth-order valence-corrected chi connectivity index (χ4v) is 3.09. The SMILES string of the molecule is C/C(Cl)=C/CN1C(N/N=C\c2ccc(Br)cc2)=NC2C1C(=O)NC(=O)N2C. The summed E-state index contributed by atoms with van der Waals surface area (Å²) in [5.74, 6) is -0.00890. The maximum absolute atomic E-state index is 12.4. The molecule has 2 N–H and O–H groups in total. The number of aliphatic imine (C=N–C) groups is 1. The number of likely N-dealkylation sites (N-methyl/N-ethyl adjacent to an activating group) is 1. The molecule has 3 rings (SSSR count). The lowest BCUT2D eigenvalue weighted by Gasteiger charge is -2.35. The van der Waals surface area contributed by atoms with Crippen molar-refractivity contribution >= 4 is 51.6 Å². The van der Waals surface area contributed by atoms with E-state index in [0.29, 0.717) is 17.5 Å². The molecule has 2 unspecified atom stereocenters. The number of fused-ring (bicyclic) bond motifs is 1. The van der Waals surface area contributed by atoms with E-state index in [1.807, 2.05) is 24.3 Å². The van der Waals surface area contributed by atoms with Crippen LogP contribution in [0.25, 0.3) is 0 Å². The second kappa shape index (κ2) is 8.10. The van der Waals surface area contributed by atoms with Crippen LogP contribution in [-0.4, -0.2) is 59.7 Å². The highest BCUT2D eigenvalue weighted by Gasteiger charge is 2.48. The van der Waals surface area contributed by atoms with Crippen LogP contribution in [0.3, 0.4) is 0 Å². The second-order valence-corrected chi connectivity index (χ2v) is 7.59. The van der Waals surface area contributed by atoms with Gasteiger partial charge in [-0.1, -0.05) is 45.7 Å². The van der Waals surface area contributed by atoms with Crippen LogP contribution in [0.4, 0.5) is 4.79 Å². The quantitative estimate of drug-likeness (QED) is 0.539. The smallest absolute Gasteiger partial charge is 0.322 e. The maximum atomic E-state index is 12.4. The first kappa shape index (κ1) is 19.4. The number of halogens is 2. The molecule has 2 heterocycles. The Hall–Kier alpha value is -2.39. The molecule has 0 aliphatic carbocycles. The molecule has 0 bridgehead atoms.